The van der Waals surface area contributed by atoms with Crippen LogP contribution in [0.5, 0.6) is 5.75 Å². The first-order valence-electron chi connectivity index (χ1n) is 12.0. The molecule has 3 aromatic rings. The van der Waals surface area contributed by atoms with Gasteiger partial charge >= 0.3 is 18.3 Å². The Kier molecular flexibility index (Phi) is 8.07. The number of nitrogens with one attached hydrogen (secondary N) is 1. The van der Waals surface area contributed by atoms with E-state index >= 15 is 0 Å². The number of fused-ring (bicyclic) bond motifs is 1. The van der Waals surface area contributed by atoms with Gasteiger partial charge < -0.3 is 24.8 Å². The number of imide groups is 1. The molecule has 2 heterocycles. The molecule has 41 heavy (non-hydrogen) atoms. The molecular formula is C26H22F3N5O7. The van der Waals surface area contributed by atoms with Crippen molar-refractivity contribution < 1.29 is 46.9 Å². The number of anilines is 3. The molecule has 214 valence electrons. The number of esters is 1. The third-order valence-corrected chi connectivity index (χ3v) is 5.78. The van der Waals surface area contributed by atoms with Crippen LogP contribution >= 0.6 is 0 Å². The zero-order valence-corrected chi connectivity index (χ0v) is 21.6. The number of carbonyl (C=O) groups excluding carboxylic acids is 3. The molecule has 0 unspecified atom stereocenters. The first kappa shape index (κ1) is 28.8. The lowest BCUT2D eigenvalue weighted by molar-refractivity contribution is -0.274. The van der Waals surface area contributed by atoms with Crippen molar-refractivity contribution in [2.45, 2.75) is 19.8 Å². The van der Waals surface area contributed by atoms with Gasteiger partial charge in [0.2, 0.25) is 5.95 Å². The quantitative estimate of drug-likeness (QED) is 0.270. The summed E-state index contributed by atoms with van der Waals surface area (Å²) in [4.78, 5) is 60.0. The van der Waals surface area contributed by atoms with Crippen molar-refractivity contribution in [2.24, 2.45) is 0 Å². The van der Waals surface area contributed by atoms with E-state index in [0.29, 0.717) is 6.07 Å². The van der Waals surface area contributed by atoms with E-state index in [0.717, 1.165) is 17.0 Å². The maximum atomic E-state index is 13.0. The van der Waals surface area contributed by atoms with Crippen LogP contribution in [0.2, 0.25) is 0 Å². The Hall–Kier alpha value is -5.21. The van der Waals surface area contributed by atoms with Gasteiger partial charge in [-0.3, -0.25) is 19.3 Å². The highest BCUT2D eigenvalue weighted by molar-refractivity contribution is 6.21. The number of aromatic nitrogens is 2. The lowest BCUT2D eigenvalue weighted by atomic mass is 10.1. The number of carbonyl (C=O) groups is 4. The van der Waals surface area contributed by atoms with E-state index in [1.165, 1.54) is 30.3 Å². The van der Waals surface area contributed by atoms with Crippen LogP contribution in [0.1, 0.15) is 43.6 Å². The second kappa shape index (κ2) is 11.5. The fourth-order valence-corrected chi connectivity index (χ4v) is 4.02. The van der Waals surface area contributed by atoms with Crippen molar-refractivity contribution in [1.82, 2.24) is 14.9 Å². The number of alkyl halides is 3. The van der Waals surface area contributed by atoms with Gasteiger partial charge in [-0.15, -0.1) is 13.2 Å². The number of amides is 2. The Labute approximate surface area is 230 Å². The summed E-state index contributed by atoms with van der Waals surface area (Å²) < 4.78 is 48.0. The number of ether oxygens (including phenoxy) is 2. The van der Waals surface area contributed by atoms with Gasteiger partial charge in [0, 0.05) is 18.8 Å². The van der Waals surface area contributed by atoms with Crippen LogP contribution in [0, 0.1) is 0 Å². The highest BCUT2D eigenvalue weighted by atomic mass is 19.4. The molecule has 0 saturated heterocycles. The Balaban J connectivity index is 1.69. The van der Waals surface area contributed by atoms with Crippen LogP contribution < -0.4 is 15.0 Å². The normalized spacial score (nSPS) is 12.7. The van der Waals surface area contributed by atoms with Crippen molar-refractivity contribution in [3.63, 3.8) is 0 Å². The van der Waals surface area contributed by atoms with Crippen LogP contribution in [-0.2, 0) is 16.1 Å². The molecule has 12 nitrogen and oxygen atoms in total. The van der Waals surface area contributed by atoms with E-state index in [4.69, 9.17) is 9.84 Å². The van der Waals surface area contributed by atoms with Crippen molar-refractivity contribution >= 4 is 41.2 Å². The molecule has 2 aromatic carbocycles. The van der Waals surface area contributed by atoms with Gasteiger partial charge in [-0.05, 0) is 37.3 Å². The Morgan fingerprint density at radius 1 is 1.10 bits per heavy atom. The van der Waals surface area contributed by atoms with Crippen LogP contribution in [0.15, 0.2) is 48.7 Å². The highest BCUT2D eigenvalue weighted by Gasteiger charge is 2.36. The van der Waals surface area contributed by atoms with Gasteiger partial charge in [0.25, 0.3) is 11.8 Å². The molecule has 0 atom stereocenters. The summed E-state index contributed by atoms with van der Waals surface area (Å²) in [6, 6.07) is 9.06. The molecule has 0 saturated carbocycles. The maximum Gasteiger partial charge on any atom is 0.573 e. The van der Waals surface area contributed by atoms with Crippen molar-refractivity contribution in [3.8, 4) is 5.75 Å². The fourth-order valence-electron chi connectivity index (χ4n) is 4.02. The average molecular weight is 573 g/mol. The number of carboxylic acid groups (broad SMARTS) is 1. The number of aromatic carboxylic acids is 1. The average Bonchev–Trinajstić information content (AvgIpc) is 3.14. The van der Waals surface area contributed by atoms with Gasteiger partial charge in [-0.1, -0.05) is 12.1 Å². The van der Waals surface area contributed by atoms with Crippen LogP contribution in [-0.4, -0.2) is 70.3 Å². The number of hydrogen-bond donors (Lipinski definition) is 2. The molecule has 2 N–H and O–H groups in total. The first-order valence-corrected chi connectivity index (χ1v) is 12.0. The second-order valence-electron chi connectivity index (χ2n) is 8.63. The van der Waals surface area contributed by atoms with Crippen LogP contribution in [0.3, 0.4) is 0 Å². The van der Waals surface area contributed by atoms with E-state index in [1.807, 2.05) is 0 Å². The number of halogens is 3. The molecule has 2 amide bonds. The lowest BCUT2D eigenvalue weighted by Gasteiger charge is -2.23. The number of likely N-dealkylation sites (N-methyl/N-ethyl adjacent to an activating group) is 1. The molecule has 4 rings (SSSR count). The molecule has 0 spiro atoms. The third-order valence-electron chi connectivity index (χ3n) is 5.78. The van der Waals surface area contributed by atoms with Crippen molar-refractivity contribution in [2.75, 3.05) is 30.4 Å². The summed E-state index contributed by atoms with van der Waals surface area (Å²) in [5.41, 5.74) is -0.0774. The maximum absolute atomic E-state index is 13.0. The zero-order valence-electron chi connectivity index (χ0n) is 21.6. The van der Waals surface area contributed by atoms with E-state index in [9.17, 15) is 32.3 Å². The topological polar surface area (TPSA) is 151 Å². The molecule has 1 aliphatic rings. The van der Waals surface area contributed by atoms with Crippen LogP contribution in [0.4, 0.5) is 30.6 Å². The number of carboxylic acids is 1. The summed E-state index contributed by atoms with van der Waals surface area (Å²) in [6.45, 7) is 1.16. The number of nitrogens with zero attached hydrogens (tertiary/aromatic N) is 4. The number of rotatable bonds is 10. The SMILES string of the molecule is CCOC(=O)CN(C)c1nc(Nc2ccc(C(=O)O)cc2OC(F)(F)F)ncc1CN1C(=O)c2ccccc2C1=O. The summed E-state index contributed by atoms with van der Waals surface area (Å²) in [5, 5.41) is 11.7. The molecule has 0 radical (unpaired) electrons. The standard InChI is InChI=1S/C26H22F3N5O7/c1-3-40-20(35)13-33(2)21-15(12-34-22(36)16-6-4-5-7-17(16)23(34)37)11-30-25(32-21)31-18-9-8-14(24(38)39)10-19(18)41-26(27,28)29/h4-11H,3,12-13H2,1-2H3,(H,38,39)(H,30,31,32). The van der Waals surface area contributed by atoms with Crippen molar-refractivity contribution in [3.05, 3.63) is 70.9 Å². The lowest BCUT2D eigenvalue weighted by Crippen LogP contribution is -2.32. The summed E-state index contributed by atoms with van der Waals surface area (Å²) in [5.74, 6) is -4.21. The van der Waals surface area contributed by atoms with Crippen LogP contribution in [0.25, 0.3) is 0 Å². The smallest absolute Gasteiger partial charge is 0.478 e. The van der Waals surface area contributed by atoms with E-state index in [2.05, 4.69) is 20.0 Å². The van der Waals surface area contributed by atoms with Gasteiger partial charge in [-0.25, -0.2) is 9.78 Å². The molecule has 1 aliphatic heterocycles. The molecule has 0 fully saturated rings. The third kappa shape index (κ3) is 6.51. The minimum Gasteiger partial charge on any atom is -0.478 e. The molecule has 0 aliphatic carbocycles. The minimum atomic E-state index is -5.13. The fraction of sp³-hybridized carbons (Fsp3) is 0.231. The van der Waals surface area contributed by atoms with Crippen molar-refractivity contribution in [1.29, 1.82) is 0 Å². The minimum absolute atomic E-state index is 0.0626. The Morgan fingerprint density at radius 2 is 1.76 bits per heavy atom. The first-order chi connectivity index (χ1) is 19.4. The molecule has 0 bridgehead atoms. The second-order valence-corrected chi connectivity index (χ2v) is 8.63. The summed E-state index contributed by atoms with van der Waals surface area (Å²) in [7, 11) is 1.48. The highest BCUT2D eigenvalue weighted by Crippen LogP contribution is 2.34. The zero-order chi connectivity index (χ0) is 29.9. The van der Waals surface area contributed by atoms with E-state index in [-0.39, 0.29) is 53.8 Å². The summed E-state index contributed by atoms with van der Waals surface area (Å²) in [6.07, 6.45) is -3.89. The Morgan fingerprint density at radius 3 is 2.34 bits per heavy atom. The number of benzene rings is 2. The predicted molar refractivity (Wildman–Crippen MR) is 136 cm³/mol. The largest absolute Gasteiger partial charge is 0.573 e. The van der Waals surface area contributed by atoms with Gasteiger partial charge in [0.15, 0.2) is 5.75 Å². The van der Waals surface area contributed by atoms with E-state index < -0.39 is 41.4 Å². The summed E-state index contributed by atoms with van der Waals surface area (Å²) >= 11 is 0. The molecular weight excluding hydrogens is 551 g/mol. The predicted octanol–water partition coefficient (Wildman–Crippen LogP) is 3.61. The molecule has 1 aromatic heterocycles. The molecule has 15 heteroatoms. The monoisotopic (exact) mass is 573 g/mol. The van der Waals surface area contributed by atoms with Gasteiger partial charge in [0.1, 0.15) is 12.4 Å². The Bertz CT molecular complexity index is 1490. The van der Waals surface area contributed by atoms with Gasteiger partial charge in [0.05, 0.1) is 35.5 Å². The van der Waals surface area contributed by atoms with E-state index in [1.54, 1.807) is 19.1 Å². The van der Waals surface area contributed by atoms with Gasteiger partial charge in [-0.2, -0.15) is 4.98 Å². The number of hydrogen-bond acceptors (Lipinski definition) is 10.